The van der Waals surface area contributed by atoms with Gasteiger partial charge < -0.3 is 9.84 Å². The van der Waals surface area contributed by atoms with E-state index in [2.05, 4.69) is 11.7 Å². The summed E-state index contributed by atoms with van der Waals surface area (Å²) in [4.78, 5) is 0. The molecule has 2 fully saturated rings. The van der Waals surface area contributed by atoms with E-state index < -0.39 is 36.0 Å². The third-order valence-electron chi connectivity index (χ3n) is 7.07. The number of halogens is 7. The van der Waals surface area contributed by atoms with Gasteiger partial charge in [-0.1, -0.05) is 19.8 Å². The predicted octanol–water partition coefficient (Wildman–Crippen LogP) is 7.52. The van der Waals surface area contributed by atoms with Crippen LogP contribution in [0.5, 0.6) is 0 Å². The highest BCUT2D eigenvalue weighted by Gasteiger charge is 2.49. The number of alkyl halides is 5. The van der Waals surface area contributed by atoms with E-state index in [-0.39, 0.29) is 23.5 Å². The minimum atomic E-state index is -5.77. The fourth-order valence-corrected chi connectivity index (χ4v) is 5.31. The number of ether oxygens (including phenoxy) is 2. The van der Waals surface area contributed by atoms with Gasteiger partial charge in [0, 0.05) is 5.92 Å². The van der Waals surface area contributed by atoms with Gasteiger partial charge in [0.1, 0.15) is 17.2 Å². The first-order valence-electron chi connectivity index (χ1n) is 11.9. The van der Waals surface area contributed by atoms with Crippen LogP contribution in [0.3, 0.4) is 0 Å². The molecule has 1 unspecified atom stereocenters. The topological polar surface area (TPSA) is 38.7 Å². The van der Waals surface area contributed by atoms with Crippen LogP contribution in [0, 0.1) is 23.5 Å². The van der Waals surface area contributed by atoms with E-state index in [9.17, 15) is 35.8 Å². The normalized spacial score (nSPS) is 27.6. The molecule has 3 nitrogen and oxygen atoms in total. The Labute approximate surface area is 194 Å². The van der Waals surface area contributed by atoms with E-state index in [0.717, 1.165) is 32.1 Å². The van der Waals surface area contributed by atoms with Gasteiger partial charge in [0.05, 0.1) is 6.10 Å². The zero-order valence-electron chi connectivity index (χ0n) is 19.0. The molecule has 0 radical (unpaired) electrons. The van der Waals surface area contributed by atoms with Crippen molar-refractivity contribution >= 4 is 0 Å². The van der Waals surface area contributed by atoms with Gasteiger partial charge in [-0.05, 0) is 80.9 Å². The summed E-state index contributed by atoms with van der Waals surface area (Å²) in [6.45, 7) is 2.16. The quantitative estimate of drug-likeness (QED) is 0.296. The maximum atomic E-state index is 14.2. The second kappa shape index (κ2) is 11.1. The van der Waals surface area contributed by atoms with Gasteiger partial charge in [0.2, 0.25) is 0 Å². The molecule has 10 heteroatoms. The van der Waals surface area contributed by atoms with Crippen molar-refractivity contribution < 1.29 is 45.3 Å². The first-order chi connectivity index (χ1) is 15.9. The van der Waals surface area contributed by atoms with Gasteiger partial charge in [-0.15, -0.1) is 13.2 Å². The number of aliphatic hydroxyl groups excluding tert-OH is 1. The van der Waals surface area contributed by atoms with Crippen LogP contribution in [0.2, 0.25) is 0 Å². The van der Waals surface area contributed by atoms with Crippen molar-refractivity contribution in [3.05, 3.63) is 34.9 Å². The summed E-state index contributed by atoms with van der Waals surface area (Å²) in [6, 6.07) is 1.28. The van der Waals surface area contributed by atoms with Crippen LogP contribution >= 0.6 is 0 Å². The lowest BCUT2D eigenvalue weighted by Crippen LogP contribution is -2.33. The molecule has 0 aromatic heterocycles. The lowest BCUT2D eigenvalue weighted by atomic mass is 9.79. The molecule has 2 aliphatic rings. The van der Waals surface area contributed by atoms with E-state index in [1.165, 1.54) is 6.42 Å². The number of hydrogen-bond donors (Lipinski definition) is 1. The Morgan fingerprint density at radius 3 is 1.97 bits per heavy atom. The summed E-state index contributed by atoms with van der Waals surface area (Å²) in [5.41, 5.74) is -1.97. The highest BCUT2D eigenvalue weighted by atomic mass is 19.4. The smallest absolute Gasteiger partial charge is 0.368 e. The van der Waals surface area contributed by atoms with Gasteiger partial charge in [0.15, 0.2) is 6.29 Å². The molecule has 0 aliphatic heterocycles. The average molecular weight is 500 g/mol. The molecular weight excluding hydrogens is 469 g/mol. The number of aliphatic hydroxyl groups is 1. The fourth-order valence-electron chi connectivity index (χ4n) is 5.31. The molecule has 0 heterocycles. The predicted molar refractivity (Wildman–Crippen MR) is 110 cm³/mol. The lowest BCUT2D eigenvalue weighted by Gasteiger charge is -2.35. The molecule has 34 heavy (non-hydrogen) atoms. The van der Waals surface area contributed by atoms with Crippen LogP contribution in [0.4, 0.5) is 30.7 Å². The average Bonchev–Trinajstić information content (AvgIpc) is 2.72. The SMILES string of the molecule is CCCC1CCC(C(O)OC2CCC(c3cc(F)c(C(F)(F)OC(F)(F)F)c(F)c3)CC2)CC1. The monoisotopic (exact) mass is 500 g/mol. The second-order valence-corrected chi connectivity index (χ2v) is 9.49. The molecule has 2 aliphatic carbocycles. The van der Waals surface area contributed by atoms with Gasteiger partial charge in [-0.3, -0.25) is 0 Å². The van der Waals surface area contributed by atoms with Crippen LogP contribution in [0.1, 0.15) is 88.2 Å². The summed E-state index contributed by atoms with van der Waals surface area (Å²) < 4.78 is 101. The first-order valence-corrected chi connectivity index (χ1v) is 11.9. The Morgan fingerprint density at radius 2 is 1.47 bits per heavy atom. The van der Waals surface area contributed by atoms with Crippen molar-refractivity contribution in [2.45, 2.75) is 102 Å². The molecule has 1 aromatic rings. The molecule has 0 amide bonds. The van der Waals surface area contributed by atoms with Crippen molar-refractivity contribution in [3.8, 4) is 0 Å². The Bertz CT molecular complexity index is 775. The van der Waals surface area contributed by atoms with Crippen molar-refractivity contribution in [2.24, 2.45) is 11.8 Å². The maximum Gasteiger partial charge on any atom is 0.527 e. The minimum Gasteiger partial charge on any atom is -0.368 e. The number of benzene rings is 1. The fraction of sp³-hybridized carbons (Fsp3) is 0.750. The highest BCUT2D eigenvalue weighted by molar-refractivity contribution is 5.31. The molecule has 1 N–H and O–H groups in total. The number of hydrogen-bond acceptors (Lipinski definition) is 3. The summed E-state index contributed by atoms with van der Waals surface area (Å²) >= 11 is 0. The largest absolute Gasteiger partial charge is 0.527 e. The molecule has 1 aromatic carbocycles. The Balaban J connectivity index is 1.55. The Hall–Kier alpha value is -1.39. The summed E-state index contributed by atoms with van der Waals surface area (Å²) in [7, 11) is 0. The maximum absolute atomic E-state index is 14.2. The van der Waals surface area contributed by atoms with Crippen LogP contribution in [0.15, 0.2) is 12.1 Å². The minimum absolute atomic E-state index is 0.0853. The summed E-state index contributed by atoms with van der Waals surface area (Å²) in [5, 5.41) is 10.5. The molecular formula is C24H31F7O3. The van der Waals surface area contributed by atoms with Crippen molar-refractivity contribution in [1.29, 1.82) is 0 Å². The zero-order valence-corrected chi connectivity index (χ0v) is 19.0. The van der Waals surface area contributed by atoms with Gasteiger partial charge in [0.25, 0.3) is 0 Å². The Morgan fingerprint density at radius 1 is 0.912 bits per heavy atom. The molecule has 194 valence electrons. The van der Waals surface area contributed by atoms with Gasteiger partial charge in [-0.25, -0.2) is 13.5 Å². The molecule has 0 bridgehead atoms. The molecule has 2 saturated carbocycles. The van der Waals surface area contributed by atoms with Crippen molar-refractivity contribution in [2.75, 3.05) is 0 Å². The molecule has 3 rings (SSSR count). The third-order valence-corrected chi connectivity index (χ3v) is 7.07. The van der Waals surface area contributed by atoms with Crippen LogP contribution < -0.4 is 0 Å². The van der Waals surface area contributed by atoms with E-state index in [4.69, 9.17) is 4.74 Å². The van der Waals surface area contributed by atoms with Crippen LogP contribution in [0.25, 0.3) is 0 Å². The van der Waals surface area contributed by atoms with Gasteiger partial charge >= 0.3 is 12.5 Å². The lowest BCUT2D eigenvalue weighted by molar-refractivity contribution is -0.432. The molecule has 0 spiro atoms. The van der Waals surface area contributed by atoms with E-state index in [1.54, 1.807) is 0 Å². The zero-order chi connectivity index (χ0) is 25.1. The first kappa shape index (κ1) is 27.2. The van der Waals surface area contributed by atoms with Crippen LogP contribution in [-0.4, -0.2) is 23.9 Å². The second-order valence-electron chi connectivity index (χ2n) is 9.49. The Kier molecular flexibility index (Phi) is 8.90. The van der Waals surface area contributed by atoms with E-state index >= 15 is 0 Å². The molecule has 1 atom stereocenters. The van der Waals surface area contributed by atoms with E-state index in [1.807, 2.05) is 0 Å². The van der Waals surface area contributed by atoms with E-state index in [0.29, 0.717) is 43.7 Å². The van der Waals surface area contributed by atoms with Gasteiger partial charge in [-0.2, -0.15) is 8.78 Å². The molecule has 0 saturated heterocycles. The summed E-state index contributed by atoms with van der Waals surface area (Å²) in [5.74, 6) is -3.16. The van der Waals surface area contributed by atoms with Crippen molar-refractivity contribution in [3.63, 3.8) is 0 Å². The van der Waals surface area contributed by atoms with Crippen LogP contribution in [-0.2, 0) is 15.6 Å². The highest BCUT2D eigenvalue weighted by Crippen LogP contribution is 2.42. The third kappa shape index (κ3) is 7.07. The van der Waals surface area contributed by atoms with Crippen molar-refractivity contribution in [1.82, 2.24) is 0 Å². The standard InChI is InChI=1S/C24H31F7O3/c1-2-3-14-4-6-16(7-5-14)22(32)33-18-10-8-15(9-11-18)17-12-19(25)21(20(26)13-17)23(27,28)34-24(29,30)31/h12-16,18,22,32H,2-11H2,1H3. The number of rotatable bonds is 8. The summed E-state index contributed by atoms with van der Waals surface area (Å²) in [6.07, 6.45) is -3.84.